The van der Waals surface area contributed by atoms with Crippen LogP contribution >= 0.6 is 24.0 Å². The maximum absolute atomic E-state index is 12.6. The molecule has 31 heavy (non-hydrogen) atoms. The molecule has 1 unspecified atom stereocenters. The van der Waals surface area contributed by atoms with Gasteiger partial charge in [0.15, 0.2) is 5.96 Å². The van der Waals surface area contributed by atoms with E-state index in [1.165, 1.54) is 5.56 Å². The number of hydrogen-bond acceptors (Lipinski definition) is 3. The van der Waals surface area contributed by atoms with Gasteiger partial charge in [0, 0.05) is 31.7 Å². The van der Waals surface area contributed by atoms with Crippen molar-refractivity contribution in [2.75, 3.05) is 31.1 Å². The summed E-state index contributed by atoms with van der Waals surface area (Å²) < 4.78 is 0. The number of benzene rings is 2. The van der Waals surface area contributed by atoms with Crippen LogP contribution in [0.2, 0.25) is 0 Å². The van der Waals surface area contributed by atoms with Gasteiger partial charge in [0.2, 0.25) is 5.91 Å². The minimum atomic E-state index is -1.04. The molecule has 2 aromatic rings. The normalized spacial score (nSPS) is 14.9. The second-order valence-corrected chi connectivity index (χ2v) is 7.79. The highest BCUT2D eigenvalue weighted by Crippen LogP contribution is 2.28. The van der Waals surface area contributed by atoms with Gasteiger partial charge in [-0.1, -0.05) is 48.5 Å². The van der Waals surface area contributed by atoms with Gasteiger partial charge in [-0.25, -0.2) is 4.99 Å². The number of amides is 1. The molecule has 0 bridgehead atoms. The van der Waals surface area contributed by atoms with Crippen molar-refractivity contribution in [2.24, 2.45) is 4.99 Å². The highest BCUT2D eigenvalue weighted by atomic mass is 127. The van der Waals surface area contributed by atoms with E-state index in [2.05, 4.69) is 21.7 Å². The summed E-state index contributed by atoms with van der Waals surface area (Å²) in [5, 5.41) is 17.2. The molecule has 1 aliphatic rings. The van der Waals surface area contributed by atoms with E-state index >= 15 is 0 Å². The standard InChI is InChI=1S/C24H32N4O2.HI/c1-3-25-23(27-18-24(2,30)20-11-5-4-6-12-20)26-16-9-14-22(29)28-17-15-19-10-7-8-13-21(19)28;/h4-8,10-13,30H,3,9,14-18H2,1-2H3,(H2,25,26,27);1H. The lowest BCUT2D eigenvalue weighted by molar-refractivity contribution is -0.118. The Morgan fingerprint density at radius 2 is 1.84 bits per heavy atom. The summed E-state index contributed by atoms with van der Waals surface area (Å²) in [6.07, 6.45) is 2.14. The molecule has 7 heteroatoms. The quantitative estimate of drug-likeness (QED) is 0.209. The monoisotopic (exact) mass is 536 g/mol. The zero-order valence-corrected chi connectivity index (χ0v) is 20.6. The Hall–Kier alpha value is -2.13. The van der Waals surface area contributed by atoms with Gasteiger partial charge in [0.25, 0.3) is 0 Å². The summed E-state index contributed by atoms with van der Waals surface area (Å²) in [4.78, 5) is 19.0. The number of carbonyl (C=O) groups excluding carboxylic acids is 1. The molecule has 2 aromatic carbocycles. The molecule has 1 amide bonds. The first-order valence-electron chi connectivity index (χ1n) is 10.7. The molecule has 0 aromatic heterocycles. The van der Waals surface area contributed by atoms with Crippen molar-refractivity contribution >= 4 is 41.5 Å². The van der Waals surface area contributed by atoms with Crippen LogP contribution in [0.15, 0.2) is 59.6 Å². The van der Waals surface area contributed by atoms with Crippen LogP contribution < -0.4 is 15.5 Å². The Kier molecular flexibility index (Phi) is 9.77. The Morgan fingerprint density at radius 1 is 1.13 bits per heavy atom. The molecule has 1 aliphatic heterocycles. The maximum atomic E-state index is 12.6. The highest BCUT2D eigenvalue weighted by Gasteiger charge is 2.24. The van der Waals surface area contributed by atoms with E-state index in [-0.39, 0.29) is 36.4 Å². The summed E-state index contributed by atoms with van der Waals surface area (Å²) in [5.41, 5.74) is 2.09. The SMILES string of the molecule is CCNC(=NCC(C)(O)c1ccccc1)NCCCC(=O)N1CCc2ccccc21.I. The average molecular weight is 536 g/mol. The minimum Gasteiger partial charge on any atom is -0.384 e. The van der Waals surface area contributed by atoms with Crippen LogP contribution in [0.25, 0.3) is 0 Å². The van der Waals surface area contributed by atoms with E-state index in [0.717, 1.165) is 37.2 Å². The molecule has 1 heterocycles. The third-order valence-electron chi connectivity index (χ3n) is 5.33. The topological polar surface area (TPSA) is 77.0 Å². The molecule has 0 spiro atoms. The third kappa shape index (κ3) is 6.93. The number of nitrogens with one attached hydrogen (secondary N) is 2. The van der Waals surface area contributed by atoms with Gasteiger partial charge in [-0.3, -0.25) is 4.79 Å². The van der Waals surface area contributed by atoms with Crippen LogP contribution in [-0.4, -0.2) is 43.2 Å². The number of aliphatic hydroxyl groups is 1. The van der Waals surface area contributed by atoms with Crippen molar-refractivity contribution in [1.29, 1.82) is 0 Å². The second-order valence-electron chi connectivity index (χ2n) is 7.79. The Labute approximate surface area is 202 Å². The van der Waals surface area contributed by atoms with Crippen molar-refractivity contribution in [3.63, 3.8) is 0 Å². The molecule has 0 aliphatic carbocycles. The van der Waals surface area contributed by atoms with E-state index in [4.69, 9.17) is 0 Å². The number of anilines is 1. The molecule has 0 saturated heterocycles. The second kappa shape index (κ2) is 12.0. The van der Waals surface area contributed by atoms with Crippen molar-refractivity contribution in [2.45, 2.75) is 38.7 Å². The molecular weight excluding hydrogens is 503 g/mol. The minimum absolute atomic E-state index is 0. The van der Waals surface area contributed by atoms with E-state index in [0.29, 0.717) is 18.9 Å². The van der Waals surface area contributed by atoms with E-state index in [1.54, 1.807) is 6.92 Å². The van der Waals surface area contributed by atoms with Gasteiger partial charge in [0.1, 0.15) is 5.60 Å². The van der Waals surface area contributed by atoms with Crippen molar-refractivity contribution in [3.05, 3.63) is 65.7 Å². The van der Waals surface area contributed by atoms with E-state index < -0.39 is 5.60 Å². The van der Waals surface area contributed by atoms with Gasteiger partial charge in [-0.2, -0.15) is 0 Å². The average Bonchev–Trinajstić information content (AvgIpc) is 3.20. The van der Waals surface area contributed by atoms with Crippen LogP contribution in [0.1, 0.15) is 37.8 Å². The fourth-order valence-corrected chi connectivity index (χ4v) is 3.64. The molecule has 0 radical (unpaired) electrons. The lowest BCUT2D eigenvalue weighted by Gasteiger charge is -2.22. The van der Waals surface area contributed by atoms with Gasteiger partial charge < -0.3 is 20.6 Å². The summed E-state index contributed by atoms with van der Waals surface area (Å²) >= 11 is 0. The van der Waals surface area contributed by atoms with E-state index in [9.17, 15) is 9.90 Å². The lowest BCUT2D eigenvalue weighted by atomic mass is 9.96. The van der Waals surface area contributed by atoms with Gasteiger partial charge in [-0.05, 0) is 43.9 Å². The molecule has 3 rings (SSSR count). The summed E-state index contributed by atoms with van der Waals surface area (Å²) in [5.74, 6) is 0.809. The zero-order valence-electron chi connectivity index (χ0n) is 18.3. The summed E-state index contributed by atoms with van der Waals surface area (Å²) in [6.45, 7) is 6.15. The van der Waals surface area contributed by atoms with Crippen LogP contribution in [-0.2, 0) is 16.8 Å². The number of aliphatic imine (C=N–C) groups is 1. The molecule has 6 nitrogen and oxygen atoms in total. The smallest absolute Gasteiger partial charge is 0.227 e. The first kappa shape index (κ1) is 25.1. The Bertz CT molecular complexity index is 871. The first-order valence-corrected chi connectivity index (χ1v) is 10.7. The molecule has 0 fully saturated rings. The molecular formula is C24H33IN4O2. The number of hydrogen-bond donors (Lipinski definition) is 3. The predicted octanol–water partition coefficient (Wildman–Crippen LogP) is 3.44. The lowest BCUT2D eigenvalue weighted by Crippen LogP contribution is -2.39. The zero-order chi connectivity index (χ0) is 21.4. The molecule has 1 atom stereocenters. The fraction of sp³-hybridized carbons (Fsp3) is 0.417. The van der Waals surface area contributed by atoms with E-state index in [1.807, 2.05) is 60.4 Å². The third-order valence-corrected chi connectivity index (χ3v) is 5.33. The number of guanidine groups is 1. The van der Waals surface area contributed by atoms with Crippen LogP contribution in [0.3, 0.4) is 0 Å². The largest absolute Gasteiger partial charge is 0.384 e. The van der Waals surface area contributed by atoms with Crippen molar-refractivity contribution in [1.82, 2.24) is 10.6 Å². The molecule has 168 valence electrons. The summed E-state index contributed by atoms with van der Waals surface area (Å²) in [7, 11) is 0. The summed E-state index contributed by atoms with van der Waals surface area (Å²) in [6, 6.07) is 17.7. The number of halogens is 1. The first-order chi connectivity index (χ1) is 14.5. The highest BCUT2D eigenvalue weighted by molar-refractivity contribution is 14.0. The van der Waals surface area contributed by atoms with Crippen LogP contribution in [0, 0.1) is 0 Å². The number of carbonyl (C=O) groups is 1. The maximum Gasteiger partial charge on any atom is 0.227 e. The molecule has 3 N–H and O–H groups in total. The Balaban J connectivity index is 0.00000341. The van der Waals surface area contributed by atoms with Crippen LogP contribution in [0.4, 0.5) is 5.69 Å². The predicted molar refractivity (Wildman–Crippen MR) is 137 cm³/mol. The van der Waals surface area contributed by atoms with Gasteiger partial charge in [-0.15, -0.1) is 24.0 Å². The van der Waals surface area contributed by atoms with Crippen LogP contribution in [0.5, 0.6) is 0 Å². The van der Waals surface area contributed by atoms with Gasteiger partial charge in [0.05, 0.1) is 6.54 Å². The number of para-hydroxylation sites is 1. The van der Waals surface area contributed by atoms with Gasteiger partial charge >= 0.3 is 0 Å². The Morgan fingerprint density at radius 3 is 2.58 bits per heavy atom. The number of rotatable bonds is 8. The van der Waals surface area contributed by atoms with Crippen molar-refractivity contribution in [3.8, 4) is 0 Å². The number of nitrogens with zero attached hydrogens (tertiary/aromatic N) is 2. The molecule has 0 saturated carbocycles. The van der Waals surface area contributed by atoms with Crippen molar-refractivity contribution < 1.29 is 9.90 Å². The number of fused-ring (bicyclic) bond motifs is 1. The fourth-order valence-electron chi connectivity index (χ4n) is 3.64.